The summed E-state index contributed by atoms with van der Waals surface area (Å²) in [6.07, 6.45) is 3.88. The number of hydrogen-bond donors (Lipinski definition) is 3. The molecule has 0 saturated carbocycles. The first kappa shape index (κ1) is 21.4. The lowest BCUT2D eigenvalue weighted by atomic mass is 9.90. The Morgan fingerprint density at radius 2 is 2.16 bits per heavy atom. The van der Waals surface area contributed by atoms with Crippen molar-refractivity contribution in [3.05, 3.63) is 83.2 Å². The summed E-state index contributed by atoms with van der Waals surface area (Å²) in [6.45, 7) is 1.43. The van der Waals surface area contributed by atoms with Crippen LogP contribution in [-0.2, 0) is 17.9 Å². The number of ether oxygens (including phenoxy) is 2. The Balaban J connectivity index is 1.40. The van der Waals surface area contributed by atoms with Gasteiger partial charge < -0.3 is 25.3 Å². The van der Waals surface area contributed by atoms with E-state index in [9.17, 15) is 4.79 Å². The van der Waals surface area contributed by atoms with Crippen LogP contribution < -0.4 is 14.8 Å². The standard InChI is InChI=1S/C25H25N3O4/c26-14-19-11-17(4-7-23(19)28-15-20-3-1-2-9-27-20)16-32-21-5-6-22-18(12-25(29)30)8-10-31-24(22)13-21/h1-7,9,11,13-14,18,26,28H,8,10,12,15-16H2,(H,29,30). The molecule has 2 aromatic carbocycles. The third kappa shape index (κ3) is 5.24. The number of benzene rings is 2. The van der Waals surface area contributed by atoms with Gasteiger partial charge in [0, 0.05) is 35.6 Å². The van der Waals surface area contributed by atoms with Gasteiger partial charge in [0.25, 0.3) is 0 Å². The highest BCUT2D eigenvalue weighted by atomic mass is 16.5. The van der Waals surface area contributed by atoms with Gasteiger partial charge in [-0.1, -0.05) is 18.2 Å². The van der Waals surface area contributed by atoms with Crippen molar-refractivity contribution in [2.45, 2.75) is 31.9 Å². The van der Waals surface area contributed by atoms with Crippen molar-refractivity contribution in [1.29, 1.82) is 5.41 Å². The number of carboxylic acid groups (broad SMARTS) is 1. The van der Waals surface area contributed by atoms with Crippen LogP contribution in [0.25, 0.3) is 0 Å². The largest absolute Gasteiger partial charge is 0.493 e. The van der Waals surface area contributed by atoms with Crippen molar-refractivity contribution >= 4 is 17.9 Å². The molecule has 1 aliphatic rings. The van der Waals surface area contributed by atoms with E-state index in [2.05, 4.69) is 10.3 Å². The van der Waals surface area contributed by atoms with Crippen molar-refractivity contribution < 1.29 is 19.4 Å². The Labute approximate surface area is 186 Å². The van der Waals surface area contributed by atoms with E-state index in [1.54, 1.807) is 6.20 Å². The second-order valence-electron chi connectivity index (χ2n) is 7.66. The summed E-state index contributed by atoms with van der Waals surface area (Å²) >= 11 is 0. The zero-order chi connectivity index (χ0) is 22.3. The molecular weight excluding hydrogens is 406 g/mol. The van der Waals surface area contributed by atoms with Gasteiger partial charge in [-0.3, -0.25) is 9.78 Å². The first-order valence-electron chi connectivity index (χ1n) is 10.5. The fraction of sp³-hybridized carbons (Fsp3) is 0.240. The molecule has 3 N–H and O–H groups in total. The molecule has 1 aromatic heterocycles. The predicted octanol–water partition coefficient (Wildman–Crippen LogP) is 4.61. The van der Waals surface area contributed by atoms with E-state index >= 15 is 0 Å². The Kier molecular flexibility index (Phi) is 6.65. The van der Waals surface area contributed by atoms with Gasteiger partial charge in [-0.25, -0.2) is 0 Å². The lowest BCUT2D eigenvalue weighted by Crippen LogP contribution is -2.17. The minimum absolute atomic E-state index is 0.0356. The van der Waals surface area contributed by atoms with Gasteiger partial charge in [-0.2, -0.15) is 0 Å². The number of nitrogens with zero attached hydrogens (tertiary/aromatic N) is 1. The third-order valence-corrected chi connectivity index (χ3v) is 5.43. The van der Waals surface area contributed by atoms with Crippen molar-refractivity contribution in [2.24, 2.45) is 0 Å². The maximum Gasteiger partial charge on any atom is 0.303 e. The number of anilines is 1. The van der Waals surface area contributed by atoms with Crippen LogP contribution in [0.15, 0.2) is 60.8 Å². The van der Waals surface area contributed by atoms with Crippen molar-refractivity contribution in [1.82, 2.24) is 4.98 Å². The first-order chi connectivity index (χ1) is 15.6. The number of fused-ring (bicyclic) bond motifs is 1. The van der Waals surface area contributed by atoms with Gasteiger partial charge in [0.2, 0.25) is 0 Å². The third-order valence-electron chi connectivity index (χ3n) is 5.43. The molecule has 2 heterocycles. The Hall–Kier alpha value is -3.87. The molecule has 1 unspecified atom stereocenters. The summed E-state index contributed by atoms with van der Waals surface area (Å²) in [5, 5.41) is 20.2. The second-order valence-corrected chi connectivity index (χ2v) is 7.66. The molecule has 7 nitrogen and oxygen atoms in total. The van der Waals surface area contributed by atoms with E-state index in [1.165, 1.54) is 6.21 Å². The fourth-order valence-electron chi connectivity index (χ4n) is 3.79. The van der Waals surface area contributed by atoms with Crippen LogP contribution in [0.2, 0.25) is 0 Å². The topological polar surface area (TPSA) is 105 Å². The van der Waals surface area contributed by atoms with Crippen LogP contribution in [0.4, 0.5) is 5.69 Å². The van der Waals surface area contributed by atoms with Crippen molar-refractivity contribution in [3.8, 4) is 11.5 Å². The number of aromatic nitrogens is 1. The van der Waals surface area contributed by atoms with Crippen LogP contribution in [0, 0.1) is 5.41 Å². The maximum absolute atomic E-state index is 11.1. The molecule has 1 atom stereocenters. The van der Waals surface area contributed by atoms with E-state index in [0.29, 0.717) is 37.7 Å². The molecular formula is C25H25N3O4. The van der Waals surface area contributed by atoms with Crippen LogP contribution in [0.5, 0.6) is 11.5 Å². The highest BCUT2D eigenvalue weighted by molar-refractivity contribution is 5.86. The molecule has 0 fully saturated rings. The first-order valence-corrected chi connectivity index (χ1v) is 10.5. The van der Waals surface area contributed by atoms with Crippen LogP contribution in [0.1, 0.15) is 41.1 Å². The van der Waals surface area contributed by atoms with Gasteiger partial charge in [-0.15, -0.1) is 0 Å². The van der Waals surface area contributed by atoms with Gasteiger partial charge in [0.05, 0.1) is 25.3 Å². The SMILES string of the molecule is N=Cc1cc(COc2ccc3c(c2)OCCC3CC(=O)O)ccc1NCc1ccccn1. The number of carbonyl (C=O) groups is 1. The van der Waals surface area contributed by atoms with Gasteiger partial charge in [-0.05, 0) is 47.9 Å². The molecule has 164 valence electrons. The predicted molar refractivity (Wildman–Crippen MR) is 122 cm³/mol. The number of carboxylic acids is 1. The molecule has 1 aliphatic heterocycles. The van der Waals surface area contributed by atoms with Crippen LogP contribution in [-0.4, -0.2) is 28.9 Å². The number of nitrogens with one attached hydrogen (secondary N) is 2. The Morgan fingerprint density at radius 3 is 2.94 bits per heavy atom. The molecule has 0 aliphatic carbocycles. The highest BCUT2D eigenvalue weighted by Gasteiger charge is 2.24. The average Bonchev–Trinajstić information content (AvgIpc) is 2.82. The molecule has 7 heteroatoms. The Morgan fingerprint density at radius 1 is 1.25 bits per heavy atom. The van der Waals surface area contributed by atoms with Gasteiger partial charge >= 0.3 is 5.97 Å². The quantitative estimate of drug-likeness (QED) is 0.427. The monoisotopic (exact) mass is 431 g/mol. The summed E-state index contributed by atoms with van der Waals surface area (Å²) in [6, 6.07) is 17.2. The molecule has 0 spiro atoms. The number of hydrogen-bond acceptors (Lipinski definition) is 6. The minimum Gasteiger partial charge on any atom is -0.493 e. The van der Waals surface area contributed by atoms with E-state index in [-0.39, 0.29) is 12.3 Å². The number of rotatable bonds is 9. The molecule has 3 aromatic rings. The number of aliphatic carboxylic acids is 1. The summed E-state index contributed by atoms with van der Waals surface area (Å²) < 4.78 is 11.7. The Bertz CT molecular complexity index is 1100. The minimum atomic E-state index is -0.803. The smallest absolute Gasteiger partial charge is 0.303 e. The zero-order valence-electron chi connectivity index (χ0n) is 17.6. The number of pyridine rings is 1. The van der Waals surface area contributed by atoms with Gasteiger partial charge in [0.15, 0.2) is 0 Å². The summed E-state index contributed by atoms with van der Waals surface area (Å²) in [5.41, 5.74) is 4.42. The summed E-state index contributed by atoms with van der Waals surface area (Å²) in [4.78, 5) is 15.4. The second kappa shape index (κ2) is 9.96. The lowest BCUT2D eigenvalue weighted by Gasteiger charge is -2.25. The highest BCUT2D eigenvalue weighted by Crippen LogP contribution is 2.38. The van der Waals surface area contributed by atoms with Crippen LogP contribution >= 0.6 is 0 Å². The van der Waals surface area contributed by atoms with E-state index in [1.807, 2.05) is 54.6 Å². The molecule has 0 amide bonds. The zero-order valence-corrected chi connectivity index (χ0v) is 17.6. The summed E-state index contributed by atoms with van der Waals surface area (Å²) in [5.74, 6) is 0.512. The lowest BCUT2D eigenvalue weighted by molar-refractivity contribution is -0.137. The fourth-order valence-corrected chi connectivity index (χ4v) is 3.79. The van der Waals surface area contributed by atoms with Crippen LogP contribution in [0.3, 0.4) is 0 Å². The normalized spacial score (nSPS) is 14.7. The van der Waals surface area contributed by atoms with E-state index in [4.69, 9.17) is 20.0 Å². The average molecular weight is 431 g/mol. The molecule has 0 bridgehead atoms. The van der Waals surface area contributed by atoms with E-state index in [0.717, 1.165) is 28.1 Å². The molecule has 0 radical (unpaired) electrons. The molecule has 32 heavy (non-hydrogen) atoms. The molecule has 0 saturated heterocycles. The molecule has 4 rings (SSSR count). The van der Waals surface area contributed by atoms with Crippen molar-refractivity contribution in [2.75, 3.05) is 11.9 Å². The van der Waals surface area contributed by atoms with E-state index < -0.39 is 5.97 Å². The van der Waals surface area contributed by atoms with Crippen molar-refractivity contribution in [3.63, 3.8) is 0 Å². The summed E-state index contributed by atoms with van der Waals surface area (Å²) in [7, 11) is 0. The van der Waals surface area contributed by atoms with Gasteiger partial charge in [0.1, 0.15) is 18.1 Å². The maximum atomic E-state index is 11.1.